The van der Waals surface area contributed by atoms with Crippen molar-refractivity contribution in [2.45, 2.75) is 39.7 Å². The number of pyridine rings is 1. The molecule has 1 atom stereocenters. The van der Waals surface area contributed by atoms with Crippen LogP contribution in [-0.2, 0) is 0 Å². The third kappa shape index (κ3) is 5.07. The van der Waals surface area contributed by atoms with Crippen LogP contribution >= 0.6 is 11.6 Å². The maximum atomic E-state index is 15.6. The van der Waals surface area contributed by atoms with Gasteiger partial charge in [-0.1, -0.05) is 24.6 Å². The van der Waals surface area contributed by atoms with E-state index >= 15 is 4.39 Å². The Labute approximate surface area is 218 Å². The summed E-state index contributed by atoms with van der Waals surface area (Å²) >= 11 is 6.40. The van der Waals surface area contributed by atoms with Crippen LogP contribution in [0.4, 0.5) is 10.2 Å². The molecular weight excluding hydrogens is 499 g/mol. The number of carbonyl (C=O) groups excluding carboxylic acids is 1. The largest absolute Gasteiger partial charge is 0.490 e. The number of benzene rings is 1. The smallest absolute Gasteiger partial charge is 0.269 e. The van der Waals surface area contributed by atoms with Gasteiger partial charge in [0.2, 0.25) is 0 Å². The zero-order valence-corrected chi connectivity index (χ0v) is 21.7. The Morgan fingerprint density at radius 3 is 2.70 bits per heavy atom. The molecule has 4 rings (SSSR count). The second-order valence-electron chi connectivity index (χ2n) is 8.85. The molecule has 9 nitrogen and oxygen atoms in total. The Kier molecular flexibility index (Phi) is 7.60. The summed E-state index contributed by atoms with van der Waals surface area (Å²) in [7, 11) is 0. The number of nitrogens with one attached hydrogen (secondary N) is 1. The number of hydrogen-bond donors (Lipinski definition) is 3. The van der Waals surface area contributed by atoms with Gasteiger partial charge in [-0.15, -0.1) is 0 Å². The number of aromatic nitrogens is 4. The van der Waals surface area contributed by atoms with Crippen molar-refractivity contribution < 1.29 is 19.0 Å². The summed E-state index contributed by atoms with van der Waals surface area (Å²) in [6.45, 7) is 7.38. The number of carbonyl (C=O) groups is 1. The molecule has 0 bridgehead atoms. The van der Waals surface area contributed by atoms with Crippen LogP contribution in [0.5, 0.6) is 5.75 Å². The normalized spacial score (nSPS) is 12.2. The number of halogens is 2. The molecular formula is C26H28ClFN6O3. The van der Waals surface area contributed by atoms with Gasteiger partial charge in [0, 0.05) is 42.2 Å². The number of fused-ring (bicyclic) bond motifs is 1. The van der Waals surface area contributed by atoms with Gasteiger partial charge >= 0.3 is 0 Å². The van der Waals surface area contributed by atoms with Crippen molar-refractivity contribution in [2.75, 3.05) is 18.9 Å². The number of aryl methyl sites for hydroxylation is 1. The van der Waals surface area contributed by atoms with E-state index in [-0.39, 0.29) is 41.5 Å². The molecule has 194 valence electrons. The van der Waals surface area contributed by atoms with Crippen LogP contribution in [0.15, 0.2) is 36.8 Å². The molecule has 0 spiro atoms. The minimum absolute atomic E-state index is 0.0866. The monoisotopic (exact) mass is 526 g/mol. The van der Waals surface area contributed by atoms with E-state index in [1.807, 2.05) is 32.1 Å². The van der Waals surface area contributed by atoms with E-state index in [1.165, 1.54) is 12.3 Å². The van der Waals surface area contributed by atoms with Crippen molar-refractivity contribution in [1.29, 1.82) is 0 Å². The maximum Gasteiger partial charge on any atom is 0.269 e. The highest BCUT2D eigenvalue weighted by molar-refractivity contribution is 6.31. The first kappa shape index (κ1) is 26.3. The van der Waals surface area contributed by atoms with E-state index in [2.05, 4.69) is 15.3 Å². The molecule has 0 saturated carbocycles. The summed E-state index contributed by atoms with van der Waals surface area (Å²) in [6.07, 6.45) is 4.49. The minimum Gasteiger partial charge on any atom is -0.490 e. The lowest BCUT2D eigenvalue weighted by Gasteiger charge is -2.23. The van der Waals surface area contributed by atoms with Gasteiger partial charge in [-0.2, -0.15) is 0 Å². The summed E-state index contributed by atoms with van der Waals surface area (Å²) in [5.74, 6) is -0.153. The fourth-order valence-corrected chi connectivity index (χ4v) is 4.43. The third-order valence-corrected chi connectivity index (χ3v) is 6.15. The zero-order valence-electron chi connectivity index (χ0n) is 20.9. The molecule has 1 aromatic carbocycles. The number of amides is 1. The molecule has 0 aliphatic rings. The van der Waals surface area contributed by atoms with Crippen molar-refractivity contribution in [1.82, 2.24) is 24.7 Å². The molecule has 0 saturated heterocycles. The number of aliphatic hydroxyl groups is 1. The van der Waals surface area contributed by atoms with Crippen LogP contribution in [0, 0.1) is 12.7 Å². The van der Waals surface area contributed by atoms with Crippen LogP contribution < -0.4 is 15.8 Å². The number of ether oxygens (including phenoxy) is 1. The van der Waals surface area contributed by atoms with Crippen molar-refractivity contribution >= 4 is 28.8 Å². The van der Waals surface area contributed by atoms with Crippen molar-refractivity contribution in [2.24, 2.45) is 0 Å². The highest BCUT2D eigenvalue weighted by atomic mass is 35.5. The number of aliphatic hydroxyl groups excluding tert-OH is 1. The summed E-state index contributed by atoms with van der Waals surface area (Å²) in [5, 5.41) is 11.4. The maximum absolute atomic E-state index is 15.6. The molecule has 0 aliphatic heterocycles. The minimum atomic E-state index is -0.662. The van der Waals surface area contributed by atoms with E-state index in [9.17, 15) is 4.79 Å². The SMILES string of the molecule is Cc1nc(C(C)c2cc(Cl)c(F)c(-c3ccc(C(=O)NCCO)nc3)c2OC(C)C)n2ccnc(N)c12. The number of nitrogen functional groups attached to an aromatic ring is 1. The summed E-state index contributed by atoms with van der Waals surface area (Å²) in [4.78, 5) is 25.3. The van der Waals surface area contributed by atoms with Gasteiger partial charge in [-0.25, -0.2) is 14.4 Å². The molecule has 4 N–H and O–H groups in total. The van der Waals surface area contributed by atoms with Gasteiger partial charge in [0.05, 0.1) is 29.0 Å². The number of hydrogen-bond acceptors (Lipinski definition) is 7. The molecule has 1 unspecified atom stereocenters. The summed E-state index contributed by atoms with van der Waals surface area (Å²) in [6, 6.07) is 4.61. The average molecular weight is 527 g/mol. The summed E-state index contributed by atoms with van der Waals surface area (Å²) < 4.78 is 23.6. The third-order valence-electron chi connectivity index (χ3n) is 5.87. The van der Waals surface area contributed by atoms with Crippen LogP contribution in [0.3, 0.4) is 0 Å². The topological polar surface area (TPSA) is 128 Å². The lowest BCUT2D eigenvalue weighted by Crippen LogP contribution is -2.27. The lowest BCUT2D eigenvalue weighted by atomic mass is 9.93. The molecule has 37 heavy (non-hydrogen) atoms. The van der Waals surface area contributed by atoms with Crippen LogP contribution in [0.2, 0.25) is 5.02 Å². The number of anilines is 1. The van der Waals surface area contributed by atoms with E-state index in [0.717, 1.165) is 0 Å². The first-order valence-corrected chi connectivity index (χ1v) is 12.1. The average Bonchev–Trinajstić information content (AvgIpc) is 3.21. The molecule has 3 aromatic heterocycles. The molecule has 0 aliphatic carbocycles. The molecule has 3 heterocycles. The Bertz CT molecular complexity index is 1460. The molecule has 0 radical (unpaired) electrons. The highest BCUT2D eigenvalue weighted by Gasteiger charge is 2.28. The zero-order chi connectivity index (χ0) is 26.9. The van der Waals surface area contributed by atoms with Crippen molar-refractivity contribution in [3.8, 4) is 16.9 Å². The molecule has 1 amide bonds. The predicted molar refractivity (Wildman–Crippen MR) is 139 cm³/mol. The quantitative estimate of drug-likeness (QED) is 0.315. The first-order chi connectivity index (χ1) is 17.6. The van der Waals surface area contributed by atoms with Crippen molar-refractivity contribution in [3.63, 3.8) is 0 Å². The first-order valence-electron chi connectivity index (χ1n) is 11.8. The highest BCUT2D eigenvalue weighted by Crippen LogP contribution is 2.44. The second-order valence-corrected chi connectivity index (χ2v) is 9.26. The number of rotatable bonds is 8. The van der Waals surface area contributed by atoms with E-state index < -0.39 is 11.7 Å². The van der Waals surface area contributed by atoms with Gasteiger partial charge in [0.1, 0.15) is 28.6 Å². The Morgan fingerprint density at radius 2 is 2.05 bits per heavy atom. The second kappa shape index (κ2) is 10.7. The van der Waals surface area contributed by atoms with E-state index in [1.54, 1.807) is 24.5 Å². The Hall–Kier alpha value is -3.76. The van der Waals surface area contributed by atoms with Crippen LogP contribution in [0.25, 0.3) is 16.6 Å². The standard InChI is InChI=1S/C26H28ClFN6O3/c1-13(2)37-23-17(14(3)25-33-15(4)22-24(29)30-7-9-34(22)25)11-18(27)21(28)20(23)16-5-6-19(32-12-16)26(36)31-8-10-35/h5-7,9,11-14,35H,8,10H2,1-4H3,(H2,29,30)(H,31,36). The van der Waals surface area contributed by atoms with E-state index in [4.69, 9.17) is 32.2 Å². The molecule has 0 fully saturated rings. The fraction of sp³-hybridized carbons (Fsp3) is 0.308. The van der Waals surface area contributed by atoms with Gasteiger partial charge in [-0.3, -0.25) is 14.2 Å². The Balaban J connectivity index is 1.87. The molecule has 4 aromatic rings. The van der Waals surface area contributed by atoms with Crippen molar-refractivity contribution in [3.05, 3.63) is 70.4 Å². The lowest BCUT2D eigenvalue weighted by molar-refractivity contribution is 0.0940. The van der Waals surface area contributed by atoms with Gasteiger partial charge in [0.25, 0.3) is 5.91 Å². The predicted octanol–water partition coefficient (Wildman–Crippen LogP) is 4.14. The molecule has 11 heteroatoms. The fourth-order valence-electron chi connectivity index (χ4n) is 4.22. The van der Waals surface area contributed by atoms with Gasteiger partial charge in [-0.05, 0) is 32.9 Å². The Morgan fingerprint density at radius 1 is 1.30 bits per heavy atom. The number of nitrogens with two attached hydrogens (primary N) is 1. The number of nitrogens with zero attached hydrogens (tertiary/aromatic N) is 4. The summed E-state index contributed by atoms with van der Waals surface area (Å²) in [5.41, 5.74) is 8.79. The van der Waals surface area contributed by atoms with Gasteiger partial charge in [0.15, 0.2) is 5.82 Å². The number of imidazole rings is 1. The van der Waals surface area contributed by atoms with Crippen LogP contribution in [-0.4, -0.2) is 49.6 Å². The van der Waals surface area contributed by atoms with Crippen LogP contribution in [0.1, 0.15) is 54.3 Å². The van der Waals surface area contributed by atoms with E-state index in [0.29, 0.717) is 39.7 Å². The van der Waals surface area contributed by atoms with Gasteiger partial charge < -0.3 is 20.9 Å².